The smallest absolute Gasteiger partial charge is 0.335 e. The Balaban J connectivity index is 2.16. The molecule has 1 aliphatic rings. The summed E-state index contributed by atoms with van der Waals surface area (Å²) in [7, 11) is 0. The highest BCUT2D eigenvalue weighted by atomic mass is 32.1. The molecule has 1 saturated carbocycles. The zero-order valence-corrected chi connectivity index (χ0v) is 9.25. The van der Waals surface area contributed by atoms with Crippen molar-refractivity contribution in [3.63, 3.8) is 0 Å². The van der Waals surface area contributed by atoms with Gasteiger partial charge in [0.2, 0.25) is 0 Å². The molecule has 4 nitrogen and oxygen atoms in total. The predicted octanol–water partition coefficient (Wildman–Crippen LogP) is 1.40. The van der Waals surface area contributed by atoms with Gasteiger partial charge in [-0.2, -0.15) is 0 Å². The molecule has 0 aliphatic heterocycles. The minimum absolute atomic E-state index is 0.152. The molecule has 1 atom stereocenters. The molecule has 1 heterocycles. The van der Waals surface area contributed by atoms with Gasteiger partial charge in [-0.3, -0.25) is 0 Å². The first-order chi connectivity index (χ1) is 7.00. The highest BCUT2D eigenvalue weighted by molar-refractivity contribution is 7.09. The maximum absolute atomic E-state index is 10.8. The summed E-state index contributed by atoms with van der Waals surface area (Å²) in [5.41, 5.74) is 1.03. The number of thiazole rings is 1. The van der Waals surface area contributed by atoms with Gasteiger partial charge in [-0.1, -0.05) is 0 Å². The molecule has 0 spiro atoms. The van der Waals surface area contributed by atoms with Crippen LogP contribution in [0.5, 0.6) is 0 Å². The lowest BCUT2D eigenvalue weighted by molar-refractivity contribution is -0.156. The van der Waals surface area contributed by atoms with E-state index in [0.717, 1.165) is 23.4 Å². The number of carbonyl (C=O) groups is 1. The van der Waals surface area contributed by atoms with E-state index >= 15 is 0 Å². The van der Waals surface area contributed by atoms with Crippen LogP contribution in [0.15, 0.2) is 5.51 Å². The van der Waals surface area contributed by atoms with E-state index in [9.17, 15) is 9.90 Å². The van der Waals surface area contributed by atoms with Gasteiger partial charge in [0.1, 0.15) is 0 Å². The predicted molar refractivity (Wildman–Crippen MR) is 56.1 cm³/mol. The molecule has 0 saturated heterocycles. The van der Waals surface area contributed by atoms with Crippen LogP contribution in [0.1, 0.15) is 36.3 Å². The van der Waals surface area contributed by atoms with Gasteiger partial charge in [-0.25, -0.2) is 9.78 Å². The number of hydrogen-bond acceptors (Lipinski definition) is 4. The van der Waals surface area contributed by atoms with E-state index < -0.39 is 11.6 Å². The summed E-state index contributed by atoms with van der Waals surface area (Å²) in [4.78, 5) is 15.9. The second kappa shape index (κ2) is 3.57. The number of aliphatic carboxylic acids is 1. The summed E-state index contributed by atoms with van der Waals surface area (Å²) in [6.45, 7) is 1.33. The molecule has 0 amide bonds. The Bertz CT molecular complexity index is 382. The van der Waals surface area contributed by atoms with Crippen molar-refractivity contribution in [2.45, 2.75) is 37.7 Å². The van der Waals surface area contributed by atoms with Crippen molar-refractivity contribution >= 4 is 17.3 Å². The molecule has 5 heteroatoms. The maximum Gasteiger partial charge on any atom is 0.335 e. The molecule has 1 aromatic heterocycles. The minimum atomic E-state index is -1.68. The quantitative estimate of drug-likeness (QED) is 0.815. The Morgan fingerprint density at radius 3 is 2.93 bits per heavy atom. The van der Waals surface area contributed by atoms with E-state index in [-0.39, 0.29) is 6.42 Å². The average Bonchev–Trinajstić information content (AvgIpc) is 2.88. The maximum atomic E-state index is 10.8. The van der Waals surface area contributed by atoms with Crippen LogP contribution in [0, 0.1) is 0 Å². The van der Waals surface area contributed by atoms with Crippen molar-refractivity contribution in [3.05, 3.63) is 16.1 Å². The standard InChI is InChI=1S/C10H13NO3S/c1-10(14,9(12)13)4-7-8(6-2-3-6)11-5-15-7/h5-6,14H,2-4H2,1H3,(H,12,13). The molecule has 0 bridgehead atoms. The van der Waals surface area contributed by atoms with Crippen LogP contribution >= 0.6 is 11.3 Å². The van der Waals surface area contributed by atoms with Gasteiger partial charge in [-0.05, 0) is 19.8 Å². The zero-order valence-electron chi connectivity index (χ0n) is 8.43. The van der Waals surface area contributed by atoms with Gasteiger partial charge in [0.05, 0.1) is 11.2 Å². The summed E-state index contributed by atoms with van der Waals surface area (Å²) in [5, 5.41) is 18.5. The lowest BCUT2D eigenvalue weighted by Crippen LogP contribution is -2.37. The van der Waals surface area contributed by atoms with Gasteiger partial charge in [0, 0.05) is 17.2 Å². The van der Waals surface area contributed by atoms with E-state index in [4.69, 9.17) is 5.11 Å². The van der Waals surface area contributed by atoms with E-state index in [1.54, 1.807) is 5.51 Å². The summed E-state index contributed by atoms with van der Waals surface area (Å²) in [6.07, 6.45) is 2.41. The number of aromatic nitrogens is 1. The number of rotatable bonds is 4. The average molecular weight is 227 g/mol. The monoisotopic (exact) mass is 227 g/mol. The summed E-state index contributed by atoms with van der Waals surface area (Å²) >= 11 is 1.43. The molecule has 1 unspecified atom stereocenters. The Morgan fingerprint density at radius 2 is 2.40 bits per heavy atom. The fourth-order valence-corrected chi connectivity index (χ4v) is 2.49. The number of aliphatic hydroxyl groups is 1. The normalized spacial score (nSPS) is 19.9. The Hall–Kier alpha value is -0.940. The number of nitrogens with zero attached hydrogens (tertiary/aromatic N) is 1. The molecule has 1 aliphatic carbocycles. The number of carboxylic acids is 1. The van der Waals surface area contributed by atoms with Crippen LogP contribution in [0.2, 0.25) is 0 Å². The van der Waals surface area contributed by atoms with E-state index in [0.29, 0.717) is 5.92 Å². The van der Waals surface area contributed by atoms with Crippen molar-refractivity contribution in [1.82, 2.24) is 4.98 Å². The van der Waals surface area contributed by atoms with Crippen molar-refractivity contribution < 1.29 is 15.0 Å². The van der Waals surface area contributed by atoms with E-state index in [1.807, 2.05) is 0 Å². The Labute approximate surface area is 91.6 Å². The van der Waals surface area contributed by atoms with Crippen molar-refractivity contribution in [1.29, 1.82) is 0 Å². The lowest BCUT2D eigenvalue weighted by Gasteiger charge is -2.17. The SMILES string of the molecule is CC(O)(Cc1scnc1C1CC1)C(=O)O. The summed E-state index contributed by atoms with van der Waals surface area (Å²) in [5.74, 6) is -0.687. The molecule has 15 heavy (non-hydrogen) atoms. The molecule has 1 fully saturated rings. The van der Waals surface area contributed by atoms with Crippen molar-refractivity contribution in [2.75, 3.05) is 0 Å². The van der Waals surface area contributed by atoms with Crippen LogP contribution in [0.3, 0.4) is 0 Å². The van der Waals surface area contributed by atoms with Crippen molar-refractivity contribution in [3.8, 4) is 0 Å². The summed E-state index contributed by atoms with van der Waals surface area (Å²) < 4.78 is 0. The van der Waals surface area contributed by atoms with Gasteiger partial charge in [-0.15, -0.1) is 11.3 Å². The summed E-state index contributed by atoms with van der Waals surface area (Å²) in [6, 6.07) is 0. The molecule has 0 radical (unpaired) electrons. The van der Waals surface area contributed by atoms with Crippen LogP contribution in [0.25, 0.3) is 0 Å². The van der Waals surface area contributed by atoms with E-state index in [1.165, 1.54) is 18.3 Å². The molecular weight excluding hydrogens is 214 g/mol. The van der Waals surface area contributed by atoms with Crippen LogP contribution < -0.4 is 0 Å². The molecule has 2 N–H and O–H groups in total. The van der Waals surface area contributed by atoms with Gasteiger partial charge < -0.3 is 10.2 Å². The zero-order chi connectivity index (χ0) is 11.1. The first-order valence-corrected chi connectivity index (χ1v) is 5.76. The van der Waals surface area contributed by atoms with Crippen molar-refractivity contribution in [2.24, 2.45) is 0 Å². The lowest BCUT2D eigenvalue weighted by atomic mass is 10.0. The Kier molecular flexibility index (Phi) is 2.52. The van der Waals surface area contributed by atoms with Crippen LogP contribution in [-0.4, -0.2) is 26.8 Å². The van der Waals surface area contributed by atoms with Gasteiger partial charge in [0.15, 0.2) is 5.60 Å². The third-order valence-electron chi connectivity index (χ3n) is 2.60. The Morgan fingerprint density at radius 1 is 1.73 bits per heavy atom. The number of hydrogen-bond donors (Lipinski definition) is 2. The van der Waals surface area contributed by atoms with Gasteiger partial charge in [0.25, 0.3) is 0 Å². The second-order valence-electron chi connectivity index (χ2n) is 4.19. The fraction of sp³-hybridized carbons (Fsp3) is 0.600. The molecule has 82 valence electrons. The van der Waals surface area contributed by atoms with Crippen LogP contribution in [-0.2, 0) is 11.2 Å². The molecule has 1 aromatic rings. The van der Waals surface area contributed by atoms with Crippen LogP contribution in [0.4, 0.5) is 0 Å². The molecule has 2 rings (SSSR count). The third-order valence-corrected chi connectivity index (χ3v) is 3.45. The first-order valence-electron chi connectivity index (χ1n) is 4.89. The first kappa shape index (κ1) is 10.6. The molecular formula is C10H13NO3S. The largest absolute Gasteiger partial charge is 0.479 e. The third kappa shape index (κ3) is 2.18. The highest BCUT2D eigenvalue weighted by Crippen LogP contribution is 2.42. The van der Waals surface area contributed by atoms with Gasteiger partial charge >= 0.3 is 5.97 Å². The van der Waals surface area contributed by atoms with E-state index in [2.05, 4.69) is 4.98 Å². The topological polar surface area (TPSA) is 70.4 Å². The second-order valence-corrected chi connectivity index (χ2v) is 5.13. The minimum Gasteiger partial charge on any atom is -0.479 e. The highest BCUT2D eigenvalue weighted by Gasteiger charge is 2.35. The number of carboxylic acid groups (broad SMARTS) is 1. The molecule has 0 aromatic carbocycles. The fourth-order valence-electron chi connectivity index (χ4n) is 1.49.